The van der Waals surface area contributed by atoms with Crippen LogP contribution in [0.15, 0.2) is 40.9 Å². The molecule has 0 radical (unpaired) electrons. The second-order valence-electron chi connectivity index (χ2n) is 4.87. The van der Waals surface area contributed by atoms with Crippen LogP contribution in [0.25, 0.3) is 11.0 Å². The van der Waals surface area contributed by atoms with Crippen molar-refractivity contribution in [3.8, 4) is 0 Å². The molecule has 0 bridgehead atoms. The summed E-state index contributed by atoms with van der Waals surface area (Å²) < 4.78 is 7.28. The zero-order chi connectivity index (χ0) is 13.5. The number of hydrogen-bond acceptors (Lipinski definition) is 5. The molecule has 1 N–H and O–H groups in total. The van der Waals surface area contributed by atoms with Crippen LogP contribution in [0, 0.1) is 0 Å². The van der Waals surface area contributed by atoms with Crippen LogP contribution >= 0.6 is 0 Å². The molecule has 4 rings (SSSR count). The van der Waals surface area contributed by atoms with Crippen molar-refractivity contribution in [2.45, 2.75) is 6.04 Å². The van der Waals surface area contributed by atoms with Crippen molar-refractivity contribution in [1.29, 1.82) is 0 Å². The molecule has 3 heterocycles. The molecule has 20 heavy (non-hydrogen) atoms. The minimum Gasteiger partial charge on any atom is -0.453 e. The molecule has 2 aromatic heterocycles. The summed E-state index contributed by atoms with van der Waals surface area (Å²) in [4.78, 5) is 12.3. The number of furan rings is 1. The van der Waals surface area contributed by atoms with Gasteiger partial charge in [-0.15, -0.1) is 5.10 Å². The van der Waals surface area contributed by atoms with Gasteiger partial charge in [0.25, 0.3) is 0 Å². The van der Waals surface area contributed by atoms with Crippen molar-refractivity contribution in [2.24, 2.45) is 0 Å². The van der Waals surface area contributed by atoms with E-state index in [0.717, 1.165) is 18.5 Å². The van der Waals surface area contributed by atoms with Gasteiger partial charge in [0.1, 0.15) is 5.58 Å². The molecule has 0 atom stereocenters. The topological polar surface area (TPSA) is 73.0 Å². The first-order valence-corrected chi connectivity index (χ1v) is 6.47. The Kier molecular flexibility index (Phi) is 2.43. The molecular formula is C14H12N4O2. The number of carbonyl (C=O) groups excluding carboxylic acids is 1. The molecule has 1 aliphatic heterocycles. The Morgan fingerprint density at radius 1 is 1.35 bits per heavy atom. The summed E-state index contributed by atoms with van der Waals surface area (Å²) in [6.45, 7) is 1.73. The fourth-order valence-electron chi connectivity index (χ4n) is 2.24. The number of fused-ring (bicyclic) bond motifs is 1. The van der Waals surface area contributed by atoms with Gasteiger partial charge in [-0.05, 0) is 12.1 Å². The minimum absolute atomic E-state index is 0.236. The van der Waals surface area contributed by atoms with E-state index in [9.17, 15) is 4.79 Å². The molecule has 1 saturated heterocycles. The second kappa shape index (κ2) is 4.28. The van der Waals surface area contributed by atoms with Crippen LogP contribution in [0.5, 0.6) is 0 Å². The maximum atomic E-state index is 12.3. The van der Waals surface area contributed by atoms with E-state index in [1.165, 1.54) is 0 Å². The molecular weight excluding hydrogens is 256 g/mol. The van der Waals surface area contributed by atoms with E-state index in [-0.39, 0.29) is 5.78 Å². The lowest BCUT2D eigenvalue weighted by molar-refractivity contribution is 0.101. The third kappa shape index (κ3) is 1.73. The first-order chi connectivity index (χ1) is 9.81. The lowest BCUT2D eigenvalue weighted by atomic mass is 10.2. The number of rotatable bonds is 3. The van der Waals surface area contributed by atoms with E-state index >= 15 is 0 Å². The Hall–Kier alpha value is -2.47. The Balaban J connectivity index is 1.67. The van der Waals surface area contributed by atoms with Gasteiger partial charge >= 0.3 is 0 Å². The Bertz CT molecular complexity index is 752. The van der Waals surface area contributed by atoms with E-state index in [0.29, 0.717) is 23.1 Å². The summed E-state index contributed by atoms with van der Waals surface area (Å²) >= 11 is 0. The van der Waals surface area contributed by atoms with Crippen molar-refractivity contribution in [3.05, 3.63) is 48.0 Å². The predicted molar refractivity (Wildman–Crippen MR) is 71.6 cm³/mol. The number of hydrogen-bond donors (Lipinski definition) is 1. The first kappa shape index (κ1) is 11.4. The van der Waals surface area contributed by atoms with E-state index in [4.69, 9.17) is 4.42 Å². The summed E-state index contributed by atoms with van der Waals surface area (Å²) in [7, 11) is 0. The fraction of sp³-hybridized carbons (Fsp3) is 0.214. The van der Waals surface area contributed by atoms with Gasteiger partial charge in [0, 0.05) is 18.5 Å². The molecule has 0 amide bonds. The number of para-hydroxylation sites is 1. The molecule has 1 aromatic carbocycles. The number of nitrogens with zero attached hydrogens (tertiary/aromatic N) is 3. The highest BCUT2D eigenvalue weighted by Crippen LogP contribution is 2.21. The average molecular weight is 268 g/mol. The molecule has 100 valence electrons. The van der Waals surface area contributed by atoms with Gasteiger partial charge in [-0.3, -0.25) is 4.79 Å². The SMILES string of the molecule is O=C(c1cn(C2CNC2)nn1)c1cc2ccccc2o1. The van der Waals surface area contributed by atoms with E-state index in [1.54, 1.807) is 16.9 Å². The quantitative estimate of drug-likeness (QED) is 0.727. The summed E-state index contributed by atoms with van der Waals surface area (Å²) in [6.07, 6.45) is 1.68. The van der Waals surface area contributed by atoms with E-state index in [2.05, 4.69) is 15.6 Å². The van der Waals surface area contributed by atoms with Gasteiger partial charge in [0.15, 0.2) is 11.5 Å². The highest BCUT2D eigenvalue weighted by molar-refractivity contribution is 6.07. The first-order valence-electron chi connectivity index (χ1n) is 6.47. The van der Waals surface area contributed by atoms with Crippen LogP contribution in [0.4, 0.5) is 0 Å². The molecule has 0 aliphatic carbocycles. The Labute approximate surface area is 114 Å². The minimum atomic E-state index is -0.236. The molecule has 0 spiro atoms. The molecule has 6 heteroatoms. The standard InChI is InChI=1S/C14H12N4O2/c19-14(11-8-18(17-16-11)10-6-15-7-10)13-5-9-3-1-2-4-12(9)20-13/h1-5,8,10,15H,6-7H2. The van der Waals surface area contributed by atoms with Crippen molar-refractivity contribution >= 4 is 16.8 Å². The van der Waals surface area contributed by atoms with Gasteiger partial charge in [0.2, 0.25) is 5.78 Å². The van der Waals surface area contributed by atoms with Gasteiger partial charge < -0.3 is 9.73 Å². The highest BCUT2D eigenvalue weighted by Gasteiger charge is 2.23. The molecule has 6 nitrogen and oxygen atoms in total. The van der Waals surface area contributed by atoms with Crippen molar-refractivity contribution in [2.75, 3.05) is 13.1 Å². The third-order valence-electron chi connectivity index (χ3n) is 3.53. The van der Waals surface area contributed by atoms with E-state index < -0.39 is 0 Å². The number of benzene rings is 1. The Morgan fingerprint density at radius 2 is 2.20 bits per heavy atom. The lowest BCUT2D eigenvalue weighted by Crippen LogP contribution is -2.43. The monoisotopic (exact) mass is 268 g/mol. The number of carbonyl (C=O) groups is 1. The van der Waals surface area contributed by atoms with Crippen LogP contribution in [-0.2, 0) is 0 Å². The summed E-state index contributed by atoms with van der Waals surface area (Å²) in [5, 5.41) is 12.0. The molecule has 1 aliphatic rings. The van der Waals surface area contributed by atoms with Gasteiger partial charge in [-0.1, -0.05) is 23.4 Å². The summed E-state index contributed by atoms with van der Waals surface area (Å²) in [5.41, 5.74) is 1.02. The summed E-state index contributed by atoms with van der Waals surface area (Å²) in [6, 6.07) is 9.56. The summed E-state index contributed by atoms with van der Waals surface area (Å²) in [5.74, 6) is 0.0599. The van der Waals surface area contributed by atoms with Crippen LogP contribution < -0.4 is 5.32 Å². The number of ketones is 1. The van der Waals surface area contributed by atoms with Gasteiger partial charge in [0.05, 0.1) is 12.2 Å². The molecule has 3 aromatic rings. The molecule has 0 unspecified atom stereocenters. The maximum absolute atomic E-state index is 12.3. The molecule has 1 fully saturated rings. The van der Waals surface area contributed by atoms with Gasteiger partial charge in [-0.25, -0.2) is 4.68 Å². The van der Waals surface area contributed by atoms with Crippen molar-refractivity contribution < 1.29 is 9.21 Å². The fourth-order valence-corrected chi connectivity index (χ4v) is 2.24. The lowest BCUT2D eigenvalue weighted by Gasteiger charge is -2.26. The zero-order valence-corrected chi connectivity index (χ0v) is 10.6. The zero-order valence-electron chi connectivity index (χ0n) is 10.6. The van der Waals surface area contributed by atoms with Crippen molar-refractivity contribution in [3.63, 3.8) is 0 Å². The van der Waals surface area contributed by atoms with Gasteiger partial charge in [-0.2, -0.15) is 0 Å². The highest BCUT2D eigenvalue weighted by atomic mass is 16.3. The van der Waals surface area contributed by atoms with Crippen LogP contribution in [0.1, 0.15) is 22.3 Å². The van der Waals surface area contributed by atoms with Crippen LogP contribution in [0.3, 0.4) is 0 Å². The van der Waals surface area contributed by atoms with Crippen LogP contribution in [-0.4, -0.2) is 33.9 Å². The largest absolute Gasteiger partial charge is 0.453 e. The normalized spacial score (nSPS) is 15.4. The number of aromatic nitrogens is 3. The van der Waals surface area contributed by atoms with E-state index in [1.807, 2.05) is 24.3 Å². The molecule has 0 saturated carbocycles. The van der Waals surface area contributed by atoms with Crippen LogP contribution in [0.2, 0.25) is 0 Å². The predicted octanol–water partition coefficient (Wildman–Crippen LogP) is 1.40. The second-order valence-corrected chi connectivity index (χ2v) is 4.87. The average Bonchev–Trinajstić information content (AvgIpc) is 3.01. The van der Waals surface area contributed by atoms with Crippen molar-refractivity contribution in [1.82, 2.24) is 20.3 Å². The third-order valence-corrected chi connectivity index (χ3v) is 3.53. The smallest absolute Gasteiger partial charge is 0.250 e. The Morgan fingerprint density at radius 3 is 2.95 bits per heavy atom. The maximum Gasteiger partial charge on any atom is 0.250 e. The number of nitrogens with one attached hydrogen (secondary N) is 1.